The summed E-state index contributed by atoms with van der Waals surface area (Å²) in [6.45, 7) is 6.52. The lowest BCUT2D eigenvalue weighted by atomic mass is 9.94. The molecule has 0 bridgehead atoms. The van der Waals surface area contributed by atoms with Crippen molar-refractivity contribution in [3.63, 3.8) is 0 Å². The summed E-state index contributed by atoms with van der Waals surface area (Å²) < 4.78 is 0. The fourth-order valence-corrected chi connectivity index (χ4v) is 1.89. The molecule has 0 amide bonds. The molecule has 102 valence electrons. The number of aliphatic hydroxyl groups is 1. The molecule has 0 saturated heterocycles. The first kappa shape index (κ1) is 14.7. The van der Waals surface area contributed by atoms with Gasteiger partial charge in [0.05, 0.1) is 5.60 Å². The van der Waals surface area contributed by atoms with Gasteiger partial charge in [-0.2, -0.15) is 4.98 Å². The highest BCUT2D eigenvalue weighted by molar-refractivity contribution is 5.40. The van der Waals surface area contributed by atoms with Crippen molar-refractivity contribution in [2.75, 3.05) is 30.9 Å². The van der Waals surface area contributed by atoms with E-state index in [0.29, 0.717) is 18.4 Å². The first-order valence-electron chi connectivity index (χ1n) is 6.27. The van der Waals surface area contributed by atoms with Crippen molar-refractivity contribution in [1.29, 1.82) is 0 Å². The maximum Gasteiger partial charge on any atom is 0.226 e. The van der Waals surface area contributed by atoms with E-state index in [1.807, 2.05) is 25.9 Å². The van der Waals surface area contributed by atoms with Gasteiger partial charge in [0.1, 0.15) is 5.82 Å². The van der Waals surface area contributed by atoms with Crippen molar-refractivity contribution < 1.29 is 5.11 Å². The van der Waals surface area contributed by atoms with Crippen LogP contribution in [-0.2, 0) is 0 Å². The number of aromatic nitrogens is 2. The number of nitrogens with zero attached hydrogens (tertiary/aromatic N) is 3. The predicted molar refractivity (Wildman–Crippen MR) is 74.9 cm³/mol. The Morgan fingerprint density at radius 3 is 2.67 bits per heavy atom. The largest absolute Gasteiger partial charge is 0.388 e. The molecular weight excluding hydrogens is 228 g/mol. The third-order valence-electron chi connectivity index (χ3n) is 2.54. The molecule has 0 spiro atoms. The summed E-state index contributed by atoms with van der Waals surface area (Å²) in [5.74, 6) is 1.85. The maximum absolute atomic E-state index is 10.2. The first-order valence-corrected chi connectivity index (χ1v) is 6.27. The lowest BCUT2D eigenvalue weighted by Crippen LogP contribution is -2.35. The van der Waals surface area contributed by atoms with Gasteiger partial charge in [-0.1, -0.05) is 13.8 Å². The zero-order valence-corrected chi connectivity index (χ0v) is 11.9. The van der Waals surface area contributed by atoms with Crippen molar-refractivity contribution in [3.05, 3.63) is 12.3 Å². The minimum absolute atomic E-state index is 0.463. The Kier molecular flexibility index (Phi) is 4.90. The van der Waals surface area contributed by atoms with Gasteiger partial charge in [-0.15, -0.1) is 0 Å². The molecule has 1 unspecified atom stereocenters. The molecule has 0 aliphatic rings. The topological polar surface area (TPSA) is 61.3 Å². The van der Waals surface area contributed by atoms with Crippen molar-refractivity contribution >= 4 is 11.8 Å². The van der Waals surface area contributed by atoms with Crippen molar-refractivity contribution in [3.8, 4) is 0 Å². The van der Waals surface area contributed by atoms with Gasteiger partial charge in [0.15, 0.2) is 0 Å². The zero-order chi connectivity index (χ0) is 13.8. The van der Waals surface area contributed by atoms with Gasteiger partial charge < -0.3 is 15.3 Å². The fourth-order valence-electron chi connectivity index (χ4n) is 1.89. The quantitative estimate of drug-likeness (QED) is 0.807. The summed E-state index contributed by atoms with van der Waals surface area (Å²) in [6, 6.07) is 1.80. The van der Waals surface area contributed by atoms with Crippen molar-refractivity contribution in [1.82, 2.24) is 9.97 Å². The minimum atomic E-state index is -0.725. The molecule has 18 heavy (non-hydrogen) atoms. The van der Waals surface area contributed by atoms with Crippen LogP contribution in [0, 0.1) is 5.92 Å². The summed E-state index contributed by atoms with van der Waals surface area (Å²) in [6.07, 6.45) is 2.47. The summed E-state index contributed by atoms with van der Waals surface area (Å²) in [7, 11) is 3.79. The molecule has 0 saturated carbocycles. The molecule has 1 aromatic heterocycles. The van der Waals surface area contributed by atoms with Crippen LogP contribution in [0.15, 0.2) is 12.3 Å². The summed E-state index contributed by atoms with van der Waals surface area (Å²) >= 11 is 0. The van der Waals surface area contributed by atoms with E-state index in [4.69, 9.17) is 0 Å². The van der Waals surface area contributed by atoms with Gasteiger partial charge in [-0.05, 0) is 25.3 Å². The first-order chi connectivity index (χ1) is 8.30. The molecule has 5 heteroatoms. The van der Waals surface area contributed by atoms with Gasteiger partial charge in [-0.3, -0.25) is 0 Å². The lowest BCUT2D eigenvalue weighted by molar-refractivity contribution is 0.0515. The van der Waals surface area contributed by atoms with Crippen LogP contribution in [0.4, 0.5) is 11.8 Å². The third-order valence-corrected chi connectivity index (χ3v) is 2.54. The molecule has 0 fully saturated rings. The Morgan fingerprint density at radius 2 is 2.11 bits per heavy atom. The van der Waals surface area contributed by atoms with Crippen LogP contribution in [0.2, 0.25) is 0 Å². The van der Waals surface area contributed by atoms with Crippen molar-refractivity contribution in [2.24, 2.45) is 5.92 Å². The van der Waals surface area contributed by atoms with Crippen LogP contribution >= 0.6 is 0 Å². The van der Waals surface area contributed by atoms with Gasteiger partial charge in [-0.25, -0.2) is 4.98 Å². The van der Waals surface area contributed by atoms with Gasteiger partial charge in [0.2, 0.25) is 5.95 Å². The minimum Gasteiger partial charge on any atom is -0.388 e. The van der Waals surface area contributed by atoms with Crippen LogP contribution in [0.25, 0.3) is 0 Å². The SMILES string of the molecule is CC(C)CC(C)(O)CNc1ccnc(N(C)C)n1. The molecular formula is C13H24N4O. The number of rotatable bonds is 6. The average molecular weight is 252 g/mol. The molecule has 2 N–H and O–H groups in total. The second-order valence-corrected chi connectivity index (χ2v) is 5.58. The number of hydrogen-bond acceptors (Lipinski definition) is 5. The number of hydrogen-bond donors (Lipinski definition) is 2. The number of anilines is 2. The smallest absolute Gasteiger partial charge is 0.226 e. The van der Waals surface area contributed by atoms with Crippen LogP contribution < -0.4 is 10.2 Å². The molecule has 1 atom stereocenters. The molecule has 1 aromatic rings. The molecule has 0 aliphatic carbocycles. The second-order valence-electron chi connectivity index (χ2n) is 5.58. The highest BCUT2D eigenvalue weighted by Gasteiger charge is 2.21. The molecule has 0 radical (unpaired) electrons. The van der Waals surface area contributed by atoms with E-state index >= 15 is 0 Å². The molecule has 1 heterocycles. The third kappa shape index (κ3) is 4.87. The fraction of sp³-hybridized carbons (Fsp3) is 0.692. The van der Waals surface area contributed by atoms with E-state index in [9.17, 15) is 5.11 Å². The molecule has 0 aliphatic heterocycles. The summed E-state index contributed by atoms with van der Waals surface area (Å²) in [5.41, 5.74) is -0.725. The normalized spacial score (nSPS) is 14.4. The molecule has 1 rings (SSSR count). The highest BCUT2D eigenvalue weighted by atomic mass is 16.3. The van der Waals surface area contributed by atoms with E-state index in [1.165, 1.54) is 0 Å². The van der Waals surface area contributed by atoms with Gasteiger partial charge in [0, 0.05) is 26.8 Å². The van der Waals surface area contributed by atoms with Crippen LogP contribution in [0.5, 0.6) is 0 Å². The number of nitrogens with one attached hydrogen (secondary N) is 1. The summed E-state index contributed by atoms with van der Waals surface area (Å²) in [5, 5.41) is 13.4. The van der Waals surface area contributed by atoms with Gasteiger partial charge in [0.25, 0.3) is 0 Å². The van der Waals surface area contributed by atoms with E-state index in [-0.39, 0.29) is 0 Å². The monoisotopic (exact) mass is 252 g/mol. The van der Waals surface area contributed by atoms with Crippen LogP contribution in [0.3, 0.4) is 0 Å². The Bertz CT molecular complexity index is 377. The molecule has 5 nitrogen and oxygen atoms in total. The summed E-state index contributed by atoms with van der Waals surface area (Å²) in [4.78, 5) is 10.3. The zero-order valence-electron chi connectivity index (χ0n) is 11.9. The Balaban J connectivity index is 2.60. The molecule has 0 aromatic carbocycles. The van der Waals surface area contributed by atoms with Crippen LogP contribution in [-0.4, -0.2) is 41.3 Å². The highest BCUT2D eigenvalue weighted by Crippen LogP contribution is 2.17. The Hall–Kier alpha value is -1.36. The van der Waals surface area contributed by atoms with E-state index in [1.54, 1.807) is 12.3 Å². The maximum atomic E-state index is 10.2. The Labute approximate surface area is 109 Å². The standard InChI is InChI=1S/C13H24N4O/c1-10(2)8-13(3,18)9-15-11-6-7-14-12(16-11)17(4)5/h6-7,10,18H,8-9H2,1-5H3,(H,14,15,16). The van der Waals surface area contributed by atoms with E-state index < -0.39 is 5.60 Å². The second kappa shape index (κ2) is 6.00. The van der Waals surface area contributed by atoms with E-state index in [0.717, 1.165) is 12.2 Å². The van der Waals surface area contributed by atoms with Crippen molar-refractivity contribution in [2.45, 2.75) is 32.8 Å². The average Bonchev–Trinajstić information content (AvgIpc) is 2.25. The van der Waals surface area contributed by atoms with E-state index in [2.05, 4.69) is 29.1 Å². The predicted octanol–water partition coefficient (Wildman–Crippen LogP) is 1.75. The van der Waals surface area contributed by atoms with Crippen LogP contribution in [0.1, 0.15) is 27.2 Å². The lowest BCUT2D eigenvalue weighted by Gasteiger charge is -2.26. The van der Waals surface area contributed by atoms with Gasteiger partial charge >= 0.3 is 0 Å². The Morgan fingerprint density at radius 1 is 1.44 bits per heavy atom.